The molecule has 1 N–H and O–H groups in total. The second-order valence-corrected chi connectivity index (χ2v) is 6.22. The van der Waals surface area contributed by atoms with Crippen LogP contribution in [0, 0.1) is 11.3 Å². The standard InChI is InChI=1S/C17H23N/c1-3-17(2,12-18-14-9-10-14)16-11-15(16)13-7-5-4-6-8-13/h3-8,14-16,18H,1,9-12H2,2H3. The number of hydrogen-bond acceptors (Lipinski definition) is 1. The fourth-order valence-corrected chi connectivity index (χ4v) is 3.00. The summed E-state index contributed by atoms with van der Waals surface area (Å²) >= 11 is 0. The van der Waals surface area contributed by atoms with Crippen LogP contribution in [0.1, 0.15) is 37.7 Å². The summed E-state index contributed by atoms with van der Waals surface area (Å²) in [6.07, 6.45) is 6.22. The summed E-state index contributed by atoms with van der Waals surface area (Å²) in [7, 11) is 0. The van der Waals surface area contributed by atoms with Crippen LogP contribution in [0.4, 0.5) is 0 Å². The summed E-state index contributed by atoms with van der Waals surface area (Å²) in [5.41, 5.74) is 1.75. The lowest BCUT2D eigenvalue weighted by molar-refractivity contribution is 0.334. The number of nitrogens with one attached hydrogen (secondary N) is 1. The molecular formula is C17H23N. The van der Waals surface area contributed by atoms with Crippen LogP contribution in [0.2, 0.25) is 0 Å². The van der Waals surface area contributed by atoms with Crippen molar-refractivity contribution in [2.75, 3.05) is 6.54 Å². The lowest BCUT2D eigenvalue weighted by atomic mass is 9.83. The van der Waals surface area contributed by atoms with Gasteiger partial charge in [-0.1, -0.05) is 43.3 Å². The summed E-state index contributed by atoms with van der Waals surface area (Å²) in [5.74, 6) is 1.51. The third kappa shape index (κ3) is 2.37. The molecule has 0 bridgehead atoms. The van der Waals surface area contributed by atoms with Crippen molar-refractivity contribution in [1.82, 2.24) is 5.32 Å². The Labute approximate surface area is 110 Å². The molecule has 0 spiro atoms. The molecule has 2 aliphatic rings. The number of benzene rings is 1. The molecule has 0 radical (unpaired) electrons. The highest BCUT2D eigenvalue weighted by Crippen LogP contribution is 2.57. The Kier molecular flexibility index (Phi) is 3.03. The minimum absolute atomic E-state index is 0.253. The third-order valence-electron chi connectivity index (χ3n) is 4.68. The van der Waals surface area contributed by atoms with Gasteiger partial charge in [0.1, 0.15) is 0 Å². The van der Waals surface area contributed by atoms with Crippen molar-refractivity contribution in [3.8, 4) is 0 Å². The first kappa shape index (κ1) is 12.0. The lowest BCUT2D eigenvalue weighted by Gasteiger charge is -2.27. The normalized spacial score (nSPS) is 29.6. The monoisotopic (exact) mass is 241 g/mol. The Balaban J connectivity index is 1.64. The van der Waals surface area contributed by atoms with Gasteiger partial charge in [-0.25, -0.2) is 0 Å². The zero-order valence-electron chi connectivity index (χ0n) is 11.2. The average Bonchev–Trinajstić information content (AvgIpc) is 3.30. The maximum atomic E-state index is 4.08. The molecule has 3 atom stereocenters. The van der Waals surface area contributed by atoms with Gasteiger partial charge in [0, 0.05) is 18.0 Å². The Morgan fingerprint density at radius 1 is 1.33 bits per heavy atom. The minimum Gasteiger partial charge on any atom is -0.313 e. The molecule has 1 nitrogen and oxygen atoms in total. The maximum absolute atomic E-state index is 4.08. The fraction of sp³-hybridized carbons (Fsp3) is 0.529. The van der Waals surface area contributed by atoms with Gasteiger partial charge < -0.3 is 5.32 Å². The first-order chi connectivity index (χ1) is 8.73. The molecule has 0 saturated heterocycles. The van der Waals surface area contributed by atoms with Gasteiger partial charge in [0.25, 0.3) is 0 Å². The van der Waals surface area contributed by atoms with Crippen molar-refractivity contribution in [3.63, 3.8) is 0 Å². The fourth-order valence-electron chi connectivity index (χ4n) is 3.00. The highest BCUT2D eigenvalue weighted by atomic mass is 15.0. The van der Waals surface area contributed by atoms with E-state index in [0.717, 1.165) is 24.4 Å². The molecule has 2 aliphatic carbocycles. The SMILES string of the molecule is C=CC(C)(CNC1CC1)C1CC1c1ccccc1. The zero-order valence-corrected chi connectivity index (χ0v) is 11.2. The largest absolute Gasteiger partial charge is 0.313 e. The van der Waals surface area contributed by atoms with Crippen LogP contribution in [-0.2, 0) is 0 Å². The summed E-state index contributed by atoms with van der Waals surface area (Å²) in [6, 6.07) is 11.7. The van der Waals surface area contributed by atoms with Gasteiger partial charge in [-0.2, -0.15) is 0 Å². The van der Waals surface area contributed by atoms with Gasteiger partial charge in [-0.05, 0) is 36.7 Å². The molecule has 1 aromatic rings. The van der Waals surface area contributed by atoms with Gasteiger partial charge >= 0.3 is 0 Å². The molecular weight excluding hydrogens is 218 g/mol. The Hall–Kier alpha value is -1.08. The second-order valence-electron chi connectivity index (χ2n) is 6.22. The highest BCUT2D eigenvalue weighted by molar-refractivity contribution is 5.28. The number of rotatable bonds is 6. The van der Waals surface area contributed by atoms with E-state index in [0.29, 0.717) is 0 Å². The van der Waals surface area contributed by atoms with Gasteiger partial charge in [-0.15, -0.1) is 6.58 Å². The van der Waals surface area contributed by atoms with E-state index in [2.05, 4.69) is 55.2 Å². The van der Waals surface area contributed by atoms with E-state index in [-0.39, 0.29) is 5.41 Å². The summed E-state index contributed by atoms with van der Waals surface area (Å²) in [6.45, 7) is 7.54. The van der Waals surface area contributed by atoms with Gasteiger partial charge in [0.05, 0.1) is 0 Å². The van der Waals surface area contributed by atoms with Crippen LogP contribution in [0.5, 0.6) is 0 Å². The molecule has 0 amide bonds. The van der Waals surface area contributed by atoms with E-state index in [1.165, 1.54) is 24.8 Å². The van der Waals surface area contributed by atoms with Crippen LogP contribution >= 0.6 is 0 Å². The topological polar surface area (TPSA) is 12.0 Å². The first-order valence-electron chi connectivity index (χ1n) is 7.15. The highest BCUT2D eigenvalue weighted by Gasteiger charge is 2.49. The Morgan fingerprint density at radius 2 is 2.06 bits per heavy atom. The zero-order chi connectivity index (χ0) is 12.6. The molecule has 0 aromatic heterocycles. The molecule has 96 valence electrons. The van der Waals surface area contributed by atoms with E-state index in [9.17, 15) is 0 Å². The van der Waals surface area contributed by atoms with E-state index in [4.69, 9.17) is 0 Å². The first-order valence-corrected chi connectivity index (χ1v) is 7.15. The van der Waals surface area contributed by atoms with Crippen molar-refractivity contribution in [2.24, 2.45) is 11.3 Å². The van der Waals surface area contributed by atoms with E-state index < -0.39 is 0 Å². The van der Waals surface area contributed by atoms with Crippen molar-refractivity contribution in [2.45, 2.75) is 38.1 Å². The van der Waals surface area contributed by atoms with Gasteiger partial charge in [0.15, 0.2) is 0 Å². The summed E-state index contributed by atoms with van der Waals surface area (Å²) < 4.78 is 0. The van der Waals surface area contributed by atoms with E-state index >= 15 is 0 Å². The maximum Gasteiger partial charge on any atom is 0.00685 e. The van der Waals surface area contributed by atoms with Crippen molar-refractivity contribution < 1.29 is 0 Å². The van der Waals surface area contributed by atoms with Crippen LogP contribution in [0.3, 0.4) is 0 Å². The molecule has 18 heavy (non-hydrogen) atoms. The summed E-state index contributed by atoms with van der Waals surface area (Å²) in [4.78, 5) is 0. The van der Waals surface area contributed by atoms with Gasteiger partial charge in [0.2, 0.25) is 0 Å². The second kappa shape index (κ2) is 4.55. The lowest BCUT2D eigenvalue weighted by Crippen LogP contribution is -2.33. The molecule has 0 aliphatic heterocycles. The molecule has 0 heterocycles. The predicted molar refractivity (Wildman–Crippen MR) is 76.6 cm³/mol. The smallest absolute Gasteiger partial charge is 0.00685 e. The average molecular weight is 241 g/mol. The van der Waals surface area contributed by atoms with Crippen LogP contribution in [0.25, 0.3) is 0 Å². The predicted octanol–water partition coefficient (Wildman–Crippen LogP) is 3.73. The molecule has 2 saturated carbocycles. The Morgan fingerprint density at radius 3 is 2.67 bits per heavy atom. The van der Waals surface area contributed by atoms with Gasteiger partial charge in [-0.3, -0.25) is 0 Å². The molecule has 3 rings (SSSR count). The number of hydrogen-bond donors (Lipinski definition) is 1. The van der Waals surface area contributed by atoms with Crippen molar-refractivity contribution in [3.05, 3.63) is 48.6 Å². The van der Waals surface area contributed by atoms with Crippen LogP contribution in [-0.4, -0.2) is 12.6 Å². The van der Waals surface area contributed by atoms with E-state index in [1.807, 2.05) is 0 Å². The molecule has 1 heteroatoms. The summed E-state index contributed by atoms with van der Waals surface area (Å²) in [5, 5.41) is 3.67. The van der Waals surface area contributed by atoms with Crippen molar-refractivity contribution in [1.29, 1.82) is 0 Å². The molecule has 3 unspecified atom stereocenters. The minimum atomic E-state index is 0.253. The quantitative estimate of drug-likeness (QED) is 0.748. The van der Waals surface area contributed by atoms with Crippen molar-refractivity contribution >= 4 is 0 Å². The van der Waals surface area contributed by atoms with Crippen LogP contribution in [0.15, 0.2) is 43.0 Å². The third-order valence-corrected chi connectivity index (χ3v) is 4.68. The molecule has 1 aromatic carbocycles. The van der Waals surface area contributed by atoms with Crippen LogP contribution < -0.4 is 5.32 Å². The van der Waals surface area contributed by atoms with E-state index in [1.54, 1.807) is 0 Å². The Bertz CT molecular complexity index is 420. The molecule has 2 fully saturated rings.